The maximum atomic E-state index is 18.3. The topological polar surface area (TPSA) is 19.7 Å². The van der Waals surface area contributed by atoms with Gasteiger partial charge in [0, 0.05) is 43.1 Å². The zero-order valence-electron chi connectivity index (χ0n) is 47.0. The van der Waals surface area contributed by atoms with E-state index in [0.29, 0.717) is 48.5 Å². The van der Waals surface area contributed by atoms with Crippen LogP contribution in [0.15, 0.2) is 146 Å². The second-order valence-corrected chi connectivity index (χ2v) is 22.3. The van der Waals surface area contributed by atoms with Crippen LogP contribution in [-0.2, 0) is 61.8 Å². The molecule has 0 unspecified atom stereocenters. The third-order valence-electron chi connectivity index (χ3n) is 16.5. The normalized spacial score (nSPS) is 14.0. The summed E-state index contributed by atoms with van der Waals surface area (Å²) in [4.78, 5) is 0. The molecule has 0 atom stereocenters. The van der Waals surface area contributed by atoms with Crippen molar-refractivity contribution in [2.45, 2.75) is 61.8 Å². The number of alkyl halides is 30. The van der Waals surface area contributed by atoms with Gasteiger partial charge in [0.05, 0.1) is 111 Å². The van der Waals surface area contributed by atoms with Crippen molar-refractivity contribution in [1.29, 1.82) is 0 Å². The first-order valence-corrected chi connectivity index (χ1v) is 27.3. The number of halogens is 30. The quantitative estimate of drug-likeness (QED) is 0.157. The van der Waals surface area contributed by atoms with Crippen molar-refractivity contribution in [3.8, 4) is 22.7 Å². The van der Waals surface area contributed by atoms with Gasteiger partial charge >= 0.3 is 61.8 Å². The molecule has 0 radical (unpaired) electrons. The van der Waals surface area contributed by atoms with Gasteiger partial charge in [-0.1, -0.05) is 48.5 Å². The van der Waals surface area contributed by atoms with Crippen LogP contribution in [0.25, 0.3) is 110 Å². The van der Waals surface area contributed by atoms with Crippen LogP contribution < -0.4 is 0 Å². The molecule has 0 aliphatic carbocycles. The van der Waals surface area contributed by atoms with Crippen molar-refractivity contribution in [3.63, 3.8) is 0 Å². The summed E-state index contributed by atoms with van der Waals surface area (Å²) in [5.41, 5.74) is -47.2. The van der Waals surface area contributed by atoms with Gasteiger partial charge < -0.3 is 18.3 Å². The molecular weight excluding hydrogens is 1390 g/mol. The Morgan fingerprint density at radius 3 is 0.357 bits per heavy atom. The van der Waals surface area contributed by atoms with Gasteiger partial charge in [-0.25, -0.2) is 0 Å². The number of nitrogens with zero attached hydrogens (tertiary/aromatic N) is 4. The van der Waals surface area contributed by atoms with E-state index in [1.54, 1.807) is 0 Å². The predicted molar refractivity (Wildman–Crippen MR) is 294 cm³/mol. The first-order valence-electron chi connectivity index (χ1n) is 27.3. The van der Waals surface area contributed by atoms with E-state index in [1.807, 2.05) is 0 Å². The Morgan fingerprint density at radius 1 is 0.153 bits per heavy atom. The highest BCUT2D eigenvalue weighted by molar-refractivity contribution is 6.16. The molecule has 9 aromatic carbocycles. The minimum Gasteiger partial charge on any atom is -0.306 e. The van der Waals surface area contributed by atoms with E-state index >= 15 is 132 Å². The Labute approximate surface area is 521 Å². The molecule has 0 aliphatic heterocycles. The first-order chi connectivity index (χ1) is 45.0. The van der Waals surface area contributed by atoms with Crippen LogP contribution in [-0.4, -0.2) is 18.3 Å². The van der Waals surface area contributed by atoms with E-state index in [4.69, 9.17) is 0 Å². The lowest BCUT2D eigenvalue weighted by Gasteiger charge is -2.32. The first kappa shape index (κ1) is 66.7. The van der Waals surface area contributed by atoms with Gasteiger partial charge in [0.2, 0.25) is 0 Å². The molecule has 0 amide bonds. The lowest BCUT2D eigenvalue weighted by Crippen LogP contribution is -2.26. The van der Waals surface area contributed by atoms with Gasteiger partial charge in [-0.3, -0.25) is 0 Å². The van der Waals surface area contributed by atoms with Gasteiger partial charge in [-0.15, -0.1) is 0 Å². The molecule has 13 aromatic rings. The number of hydrogen-bond donors (Lipinski definition) is 0. The molecule has 98 heavy (non-hydrogen) atoms. The Kier molecular flexibility index (Phi) is 14.2. The van der Waals surface area contributed by atoms with Gasteiger partial charge in [-0.05, 0) is 97.1 Å². The van der Waals surface area contributed by atoms with E-state index < -0.39 is 246 Å². The second kappa shape index (κ2) is 20.8. The molecule has 34 heteroatoms. The van der Waals surface area contributed by atoms with Gasteiger partial charge in [0.1, 0.15) is 11.1 Å². The summed E-state index contributed by atoms with van der Waals surface area (Å²) in [6.07, 6.45) is -60.4. The maximum absolute atomic E-state index is 18.3. The molecule has 4 aromatic heterocycles. The zero-order chi connectivity index (χ0) is 71.6. The highest BCUT2D eigenvalue weighted by Crippen LogP contribution is 2.58. The van der Waals surface area contributed by atoms with E-state index in [2.05, 4.69) is 0 Å². The van der Waals surface area contributed by atoms with E-state index in [-0.39, 0.29) is 97.1 Å². The Hall–Kier alpha value is -9.92. The SMILES string of the molecule is FC(F)(F)c1ccc2c3ccc(C(F)(F)F)cc3n(-c3c(-n4c5cc(C(F)(F)F)ccc5c5ccc(C(F)(F)F)cc54)c(C(F)(F)F)c(-n4c5cc(C(F)(F)F)ccc5c5ccc(C(F)(F)F)cc54)c(-n4c5cc(C(F)(F)F)ccc5c5ccc(C(F)(F)F)cc54)c3C(F)(F)F)c2c1. The summed E-state index contributed by atoms with van der Waals surface area (Å²) in [5, 5.41) is -8.19. The fraction of sp³-hybridized carbons (Fsp3) is 0.156. The average Bonchev–Trinajstić information content (AvgIpc) is 1.40. The largest absolute Gasteiger partial charge is 0.420 e. The number of rotatable bonds is 4. The number of hydrogen-bond acceptors (Lipinski definition) is 0. The highest BCUT2D eigenvalue weighted by atomic mass is 19.4. The molecular formula is C64H24F30N4. The summed E-state index contributed by atoms with van der Waals surface area (Å²) >= 11 is 0. The van der Waals surface area contributed by atoms with E-state index in [9.17, 15) is 0 Å². The molecule has 0 bridgehead atoms. The zero-order valence-corrected chi connectivity index (χ0v) is 47.0. The monoisotopic (exact) mass is 1420 g/mol. The molecule has 0 saturated carbocycles. The van der Waals surface area contributed by atoms with Gasteiger partial charge in [-0.2, -0.15) is 132 Å². The minimum absolute atomic E-state index is 0.108. The van der Waals surface area contributed by atoms with Crippen molar-refractivity contribution in [3.05, 3.63) is 201 Å². The summed E-state index contributed by atoms with van der Waals surface area (Å²) in [6, 6.07) is 1.42. The van der Waals surface area contributed by atoms with Crippen LogP contribution >= 0.6 is 0 Å². The van der Waals surface area contributed by atoms with Crippen molar-refractivity contribution < 1.29 is 132 Å². The van der Waals surface area contributed by atoms with E-state index in [0.717, 1.165) is 0 Å². The lowest BCUT2D eigenvalue weighted by atomic mass is 9.96. The molecule has 4 nitrogen and oxygen atoms in total. The van der Waals surface area contributed by atoms with Crippen molar-refractivity contribution in [2.24, 2.45) is 0 Å². The molecule has 0 saturated heterocycles. The minimum atomic E-state index is -7.04. The third kappa shape index (κ3) is 10.6. The molecule has 0 fully saturated rings. The Bertz CT molecular complexity index is 4570. The fourth-order valence-corrected chi connectivity index (χ4v) is 12.6. The van der Waals surface area contributed by atoms with Crippen LogP contribution in [0.4, 0.5) is 132 Å². The molecule has 4 heterocycles. The van der Waals surface area contributed by atoms with Crippen LogP contribution in [0, 0.1) is 0 Å². The molecule has 0 aliphatic rings. The standard InChI is InChI=1S/C64H24F30N4/c65-55(66,67)25-1-9-33-34-10-2-26(56(68,69)70)18-42(34)95(41(33)17-25)51-49(63(89,90)91)53(97-45-21-29(59(77,78)79)5-13-37(45)38-14-6-30(22-46(38)97)60(80,81)82)54(98-47-23-31(61(83,84)85)7-15-39(47)40-16-8-32(24-48(40)98)62(86,87)88)50(64(92,93)94)52(51)96-43-19-27(57(71,72)73)3-11-35(43)36-12-4-28(20-44(36)96)58(74,75)76/h1-24H. The fourth-order valence-electron chi connectivity index (χ4n) is 12.6. The summed E-state index contributed by atoms with van der Waals surface area (Å²) in [7, 11) is 0. The summed E-state index contributed by atoms with van der Waals surface area (Å²) < 4.78 is 473. The molecule has 0 N–H and O–H groups in total. The Balaban J connectivity index is 1.50. The van der Waals surface area contributed by atoms with Crippen molar-refractivity contribution in [2.75, 3.05) is 0 Å². The van der Waals surface area contributed by atoms with Gasteiger partial charge in [0.15, 0.2) is 0 Å². The average molecular weight is 1420 g/mol. The second-order valence-electron chi connectivity index (χ2n) is 22.3. The summed E-state index contributed by atoms with van der Waals surface area (Å²) in [6.45, 7) is 0. The van der Waals surface area contributed by atoms with Crippen molar-refractivity contribution >= 4 is 87.2 Å². The Morgan fingerprint density at radius 2 is 0.265 bits per heavy atom. The third-order valence-corrected chi connectivity index (χ3v) is 16.5. The lowest BCUT2D eigenvalue weighted by molar-refractivity contribution is -0.141. The number of aromatic nitrogens is 4. The van der Waals surface area contributed by atoms with E-state index in [1.165, 1.54) is 0 Å². The van der Waals surface area contributed by atoms with Crippen LogP contribution in [0.3, 0.4) is 0 Å². The summed E-state index contributed by atoms with van der Waals surface area (Å²) in [5.74, 6) is 0. The molecule has 13 rings (SSSR count). The van der Waals surface area contributed by atoms with Crippen LogP contribution in [0.1, 0.15) is 55.6 Å². The van der Waals surface area contributed by atoms with Gasteiger partial charge in [0.25, 0.3) is 0 Å². The number of fused-ring (bicyclic) bond motifs is 12. The number of benzene rings is 9. The van der Waals surface area contributed by atoms with Crippen molar-refractivity contribution in [1.82, 2.24) is 18.3 Å². The highest BCUT2D eigenvalue weighted by Gasteiger charge is 2.52. The predicted octanol–water partition coefficient (Wildman–Crippen LogP) is 24.3. The van der Waals surface area contributed by atoms with Crippen LogP contribution in [0.2, 0.25) is 0 Å². The maximum Gasteiger partial charge on any atom is 0.420 e. The molecule has 510 valence electrons. The van der Waals surface area contributed by atoms with Crippen LogP contribution in [0.5, 0.6) is 0 Å². The molecule has 0 spiro atoms. The smallest absolute Gasteiger partial charge is 0.306 e.